The van der Waals surface area contributed by atoms with Crippen LogP contribution in [-0.4, -0.2) is 46.1 Å². The molecule has 0 heterocycles. The molecule has 0 aliphatic heterocycles. The molecule has 5 nitrogen and oxygen atoms in total. The molecule has 0 rings (SSSR count). The van der Waals surface area contributed by atoms with Crippen LogP contribution in [0.25, 0.3) is 0 Å². The van der Waals surface area contributed by atoms with Crippen LogP contribution in [0.5, 0.6) is 0 Å². The Bertz CT molecular complexity index is 809. The van der Waals surface area contributed by atoms with Gasteiger partial charge in [0, 0.05) is 0 Å². The van der Waals surface area contributed by atoms with Gasteiger partial charge in [0.25, 0.3) is 0 Å². The van der Waals surface area contributed by atoms with Gasteiger partial charge in [-0.25, -0.2) is 0 Å². The van der Waals surface area contributed by atoms with E-state index >= 15 is 0 Å². The number of hydrogen-bond donors (Lipinski definition) is 4. The van der Waals surface area contributed by atoms with Crippen molar-refractivity contribution in [3.8, 4) is 0 Å². The van der Waals surface area contributed by atoms with Gasteiger partial charge < -0.3 is 20.6 Å². The van der Waals surface area contributed by atoms with E-state index in [0.29, 0.717) is 6.42 Å². The normalized spacial score (nSPS) is 13.9. The second-order valence-electron chi connectivity index (χ2n) is 15.6. The molecule has 0 aliphatic rings. The number of rotatable bonds is 41. The minimum absolute atomic E-state index is 0.380. The van der Waals surface area contributed by atoms with Gasteiger partial charge in [0.05, 0.1) is 18.8 Å². The average molecular weight is 732 g/mol. The number of amides is 1. The SMILES string of the molecule is CCCC/C=C/CC/C=C/CC/C=C/C(O)C(CO)NC(=O)C(O)CCCCCCCCCCCCCCCCCCCCCCCCCCCC. The highest BCUT2D eigenvalue weighted by molar-refractivity contribution is 5.80. The smallest absolute Gasteiger partial charge is 0.249 e. The maximum Gasteiger partial charge on any atom is 0.249 e. The van der Waals surface area contributed by atoms with Crippen LogP contribution >= 0.6 is 0 Å². The van der Waals surface area contributed by atoms with Gasteiger partial charge >= 0.3 is 0 Å². The molecule has 5 heteroatoms. The summed E-state index contributed by atoms with van der Waals surface area (Å²) < 4.78 is 0. The van der Waals surface area contributed by atoms with Gasteiger partial charge in [0.2, 0.25) is 5.91 Å². The summed E-state index contributed by atoms with van der Waals surface area (Å²) in [7, 11) is 0. The highest BCUT2D eigenvalue weighted by atomic mass is 16.3. The van der Waals surface area contributed by atoms with Crippen LogP contribution in [0, 0.1) is 0 Å². The lowest BCUT2D eigenvalue weighted by Crippen LogP contribution is -2.48. The Labute approximate surface area is 324 Å². The molecule has 3 unspecified atom stereocenters. The number of aliphatic hydroxyl groups is 3. The van der Waals surface area contributed by atoms with Crippen molar-refractivity contribution in [2.24, 2.45) is 0 Å². The fraction of sp³-hybridized carbons (Fsp3) is 0.851. The zero-order valence-electron chi connectivity index (χ0n) is 34.7. The maximum atomic E-state index is 12.4. The molecule has 0 saturated carbocycles. The number of hydrogen-bond acceptors (Lipinski definition) is 4. The highest BCUT2D eigenvalue weighted by Crippen LogP contribution is 2.16. The zero-order valence-corrected chi connectivity index (χ0v) is 34.7. The first kappa shape index (κ1) is 50.6. The average Bonchev–Trinajstić information content (AvgIpc) is 3.15. The first-order valence-corrected chi connectivity index (χ1v) is 22.8. The molecule has 0 radical (unpaired) electrons. The van der Waals surface area contributed by atoms with Crippen LogP contribution in [0.2, 0.25) is 0 Å². The summed E-state index contributed by atoms with van der Waals surface area (Å²) in [4.78, 5) is 12.4. The van der Waals surface area contributed by atoms with E-state index in [0.717, 1.165) is 44.9 Å². The Hall–Kier alpha value is -1.43. The molecule has 0 aliphatic carbocycles. The van der Waals surface area contributed by atoms with Crippen molar-refractivity contribution in [1.29, 1.82) is 0 Å². The van der Waals surface area contributed by atoms with E-state index in [2.05, 4.69) is 43.5 Å². The summed E-state index contributed by atoms with van der Waals surface area (Å²) in [6.07, 6.45) is 53.4. The second kappa shape index (κ2) is 42.3. The van der Waals surface area contributed by atoms with E-state index in [-0.39, 0.29) is 6.61 Å². The molecular formula is C47H89NO4. The van der Waals surface area contributed by atoms with E-state index in [9.17, 15) is 20.1 Å². The quantitative estimate of drug-likeness (QED) is 0.0372. The summed E-state index contributed by atoms with van der Waals surface area (Å²) in [6.45, 7) is 4.12. The summed E-state index contributed by atoms with van der Waals surface area (Å²) in [6, 6.07) is -0.817. The van der Waals surface area contributed by atoms with E-state index < -0.39 is 24.2 Å². The minimum Gasteiger partial charge on any atom is -0.394 e. The Balaban J connectivity index is 3.58. The Morgan fingerprint density at radius 1 is 0.462 bits per heavy atom. The predicted octanol–water partition coefficient (Wildman–Crippen LogP) is 13.2. The lowest BCUT2D eigenvalue weighted by Gasteiger charge is -2.21. The number of carbonyl (C=O) groups excluding carboxylic acids is 1. The first-order valence-electron chi connectivity index (χ1n) is 22.8. The molecule has 306 valence electrons. The van der Waals surface area contributed by atoms with E-state index in [1.54, 1.807) is 6.08 Å². The van der Waals surface area contributed by atoms with E-state index in [1.807, 2.05) is 6.08 Å². The fourth-order valence-electron chi connectivity index (χ4n) is 6.85. The molecule has 0 spiro atoms. The summed E-state index contributed by atoms with van der Waals surface area (Å²) >= 11 is 0. The van der Waals surface area contributed by atoms with Crippen molar-refractivity contribution < 1.29 is 20.1 Å². The van der Waals surface area contributed by atoms with Crippen molar-refractivity contribution in [2.75, 3.05) is 6.61 Å². The van der Waals surface area contributed by atoms with E-state index in [4.69, 9.17) is 0 Å². The molecule has 0 saturated heterocycles. The van der Waals surface area contributed by atoms with Gasteiger partial charge in [-0.15, -0.1) is 0 Å². The lowest BCUT2D eigenvalue weighted by atomic mass is 10.0. The van der Waals surface area contributed by atoms with Gasteiger partial charge in [0.15, 0.2) is 0 Å². The molecule has 0 aromatic rings. The molecule has 52 heavy (non-hydrogen) atoms. The van der Waals surface area contributed by atoms with Crippen LogP contribution in [0.15, 0.2) is 36.5 Å². The van der Waals surface area contributed by atoms with Crippen LogP contribution < -0.4 is 5.32 Å². The predicted molar refractivity (Wildman–Crippen MR) is 227 cm³/mol. The Kier molecular flexibility index (Phi) is 41.1. The molecule has 1 amide bonds. The van der Waals surface area contributed by atoms with Crippen LogP contribution in [0.3, 0.4) is 0 Å². The molecule has 0 fully saturated rings. The lowest BCUT2D eigenvalue weighted by molar-refractivity contribution is -0.131. The van der Waals surface area contributed by atoms with Gasteiger partial charge in [-0.2, -0.15) is 0 Å². The molecule has 0 aromatic heterocycles. The molecule has 0 bridgehead atoms. The minimum atomic E-state index is -1.11. The molecule has 0 aromatic carbocycles. The number of carbonyl (C=O) groups is 1. The third kappa shape index (κ3) is 36.9. The van der Waals surface area contributed by atoms with Gasteiger partial charge in [-0.3, -0.25) is 4.79 Å². The van der Waals surface area contributed by atoms with Crippen molar-refractivity contribution >= 4 is 5.91 Å². The summed E-state index contributed by atoms with van der Waals surface area (Å²) in [5.74, 6) is -0.516. The molecular weight excluding hydrogens is 643 g/mol. The fourth-order valence-corrected chi connectivity index (χ4v) is 6.85. The monoisotopic (exact) mass is 732 g/mol. The Morgan fingerprint density at radius 2 is 0.788 bits per heavy atom. The summed E-state index contributed by atoms with van der Waals surface area (Å²) in [5.41, 5.74) is 0. The second-order valence-corrected chi connectivity index (χ2v) is 15.6. The van der Waals surface area contributed by atoms with Crippen LogP contribution in [-0.2, 0) is 4.79 Å². The molecule has 4 N–H and O–H groups in total. The largest absolute Gasteiger partial charge is 0.394 e. The topological polar surface area (TPSA) is 89.8 Å². The number of allylic oxidation sites excluding steroid dienone is 5. The van der Waals surface area contributed by atoms with Crippen molar-refractivity contribution in [2.45, 2.75) is 250 Å². The molecule has 3 atom stereocenters. The van der Waals surface area contributed by atoms with Crippen molar-refractivity contribution in [3.05, 3.63) is 36.5 Å². The standard InChI is InChI=1S/C47H89NO4/c1-3-5-7-9-11-13-15-17-18-19-20-21-22-23-24-25-26-27-28-29-30-32-34-36-38-40-42-46(51)47(52)48-44(43-49)45(50)41-39-37-35-33-31-16-14-12-10-8-6-4-2/h10,12,31,33,39,41,44-46,49-51H,3-9,11,13-30,32,34-38,40,42-43H2,1-2H3,(H,48,52)/b12-10+,33-31+,41-39+. The van der Waals surface area contributed by atoms with Crippen molar-refractivity contribution in [1.82, 2.24) is 5.32 Å². The van der Waals surface area contributed by atoms with E-state index in [1.165, 1.54) is 167 Å². The van der Waals surface area contributed by atoms with Gasteiger partial charge in [0.1, 0.15) is 6.10 Å². The Morgan fingerprint density at radius 3 is 1.15 bits per heavy atom. The maximum absolute atomic E-state index is 12.4. The highest BCUT2D eigenvalue weighted by Gasteiger charge is 2.22. The van der Waals surface area contributed by atoms with Crippen molar-refractivity contribution in [3.63, 3.8) is 0 Å². The van der Waals surface area contributed by atoms with Crippen LogP contribution in [0.4, 0.5) is 0 Å². The van der Waals surface area contributed by atoms with Gasteiger partial charge in [-0.1, -0.05) is 230 Å². The number of unbranched alkanes of at least 4 members (excludes halogenated alkanes) is 29. The third-order valence-corrected chi connectivity index (χ3v) is 10.5. The third-order valence-electron chi connectivity index (χ3n) is 10.5. The number of nitrogens with one attached hydrogen (secondary N) is 1. The van der Waals surface area contributed by atoms with Gasteiger partial charge in [-0.05, 0) is 38.5 Å². The number of aliphatic hydroxyl groups excluding tert-OH is 3. The summed E-state index contributed by atoms with van der Waals surface area (Å²) in [5, 5.41) is 33.0. The van der Waals surface area contributed by atoms with Crippen LogP contribution in [0.1, 0.15) is 232 Å². The first-order chi connectivity index (χ1) is 25.6. The zero-order chi connectivity index (χ0) is 38.0.